The van der Waals surface area contributed by atoms with Gasteiger partial charge >= 0.3 is 0 Å². The topological polar surface area (TPSA) is 44.4 Å². The van der Waals surface area contributed by atoms with Crippen molar-refractivity contribution >= 4 is 30.7 Å². The summed E-state index contributed by atoms with van der Waals surface area (Å²) in [5.41, 5.74) is 2.52. The van der Waals surface area contributed by atoms with Crippen molar-refractivity contribution in [2.24, 2.45) is 11.8 Å². The molecule has 144 valence electrons. The van der Waals surface area contributed by atoms with Crippen LogP contribution in [-0.4, -0.2) is 37.5 Å². The van der Waals surface area contributed by atoms with Crippen LogP contribution in [0.1, 0.15) is 37.8 Å². The Labute approximate surface area is 164 Å². The second-order valence-electron chi connectivity index (χ2n) is 6.96. The van der Waals surface area contributed by atoms with Gasteiger partial charge < -0.3 is 10.6 Å². The minimum Gasteiger partial charge on any atom is -0.352 e. The standard InChI is InChI=1S/C19H31N3O.2ClH/c1-15-7-9-22(10-8-15)14-18-6-4-5-17(11-18)13-21-19(23)16(2)12-20-3;;/h4-6,11,15-16,20H,7-10,12-14H2,1-3H3,(H,21,23);2*1H. The quantitative estimate of drug-likeness (QED) is 0.751. The minimum atomic E-state index is -0.00137. The molecule has 1 fully saturated rings. The number of benzene rings is 1. The van der Waals surface area contributed by atoms with Crippen molar-refractivity contribution in [3.8, 4) is 0 Å². The van der Waals surface area contributed by atoms with Crippen LogP contribution in [-0.2, 0) is 17.9 Å². The van der Waals surface area contributed by atoms with Gasteiger partial charge in [0.25, 0.3) is 0 Å². The maximum Gasteiger partial charge on any atom is 0.224 e. The molecule has 1 saturated heterocycles. The number of nitrogens with zero attached hydrogens (tertiary/aromatic N) is 1. The lowest BCUT2D eigenvalue weighted by Crippen LogP contribution is -2.34. The average molecular weight is 390 g/mol. The van der Waals surface area contributed by atoms with Crippen LogP contribution in [0.15, 0.2) is 24.3 Å². The van der Waals surface area contributed by atoms with Crippen LogP contribution in [0.5, 0.6) is 0 Å². The highest BCUT2D eigenvalue weighted by Crippen LogP contribution is 2.18. The zero-order chi connectivity index (χ0) is 16.7. The van der Waals surface area contributed by atoms with E-state index in [1.807, 2.05) is 14.0 Å². The molecule has 2 rings (SSSR count). The van der Waals surface area contributed by atoms with Gasteiger partial charge in [-0.3, -0.25) is 9.69 Å². The summed E-state index contributed by atoms with van der Waals surface area (Å²) < 4.78 is 0. The lowest BCUT2D eigenvalue weighted by molar-refractivity contribution is -0.124. The molecule has 0 radical (unpaired) electrons. The molecular weight excluding hydrogens is 357 g/mol. The van der Waals surface area contributed by atoms with Crippen LogP contribution in [0.2, 0.25) is 0 Å². The summed E-state index contributed by atoms with van der Waals surface area (Å²) in [5.74, 6) is 0.973. The van der Waals surface area contributed by atoms with E-state index in [2.05, 4.69) is 46.7 Å². The van der Waals surface area contributed by atoms with Gasteiger partial charge in [-0.25, -0.2) is 0 Å². The van der Waals surface area contributed by atoms with Gasteiger partial charge in [0.2, 0.25) is 5.91 Å². The molecule has 2 N–H and O–H groups in total. The number of carbonyl (C=O) groups excluding carboxylic acids is 1. The number of piperidine rings is 1. The third kappa shape index (κ3) is 8.41. The Kier molecular flexibility index (Phi) is 12.1. The van der Waals surface area contributed by atoms with Crippen molar-refractivity contribution in [1.29, 1.82) is 0 Å². The predicted molar refractivity (Wildman–Crippen MR) is 110 cm³/mol. The van der Waals surface area contributed by atoms with Gasteiger partial charge in [-0.1, -0.05) is 38.1 Å². The number of likely N-dealkylation sites (tertiary alicyclic amines) is 1. The van der Waals surface area contributed by atoms with Gasteiger partial charge in [-0.05, 0) is 50.0 Å². The summed E-state index contributed by atoms with van der Waals surface area (Å²) in [5, 5.41) is 6.07. The lowest BCUT2D eigenvalue weighted by atomic mass is 9.98. The van der Waals surface area contributed by atoms with Crippen LogP contribution in [0, 0.1) is 11.8 Å². The van der Waals surface area contributed by atoms with Crippen LogP contribution in [0.3, 0.4) is 0 Å². The Hall–Kier alpha value is -0.810. The molecule has 1 aromatic rings. The van der Waals surface area contributed by atoms with E-state index in [0.29, 0.717) is 13.1 Å². The summed E-state index contributed by atoms with van der Waals surface area (Å²) in [7, 11) is 1.87. The number of amides is 1. The van der Waals surface area contributed by atoms with Gasteiger partial charge in [-0.2, -0.15) is 0 Å². The van der Waals surface area contributed by atoms with E-state index >= 15 is 0 Å². The van der Waals surface area contributed by atoms with E-state index in [-0.39, 0.29) is 36.6 Å². The SMILES string of the molecule is CNCC(C)C(=O)NCc1cccc(CN2CCC(C)CC2)c1.Cl.Cl. The predicted octanol–water partition coefficient (Wildman–Crippen LogP) is 3.23. The van der Waals surface area contributed by atoms with Gasteiger partial charge in [0.15, 0.2) is 0 Å². The molecule has 0 saturated carbocycles. The number of halogens is 2. The Bertz CT molecular complexity index is 505. The van der Waals surface area contributed by atoms with Crippen molar-refractivity contribution in [2.45, 2.75) is 39.8 Å². The molecule has 1 unspecified atom stereocenters. The van der Waals surface area contributed by atoms with Crippen molar-refractivity contribution in [3.05, 3.63) is 35.4 Å². The minimum absolute atomic E-state index is 0. The molecule has 25 heavy (non-hydrogen) atoms. The first-order chi connectivity index (χ1) is 11.1. The summed E-state index contributed by atoms with van der Waals surface area (Å²) in [6.07, 6.45) is 2.61. The molecule has 1 atom stereocenters. The number of hydrogen-bond donors (Lipinski definition) is 2. The van der Waals surface area contributed by atoms with Crippen LogP contribution < -0.4 is 10.6 Å². The van der Waals surface area contributed by atoms with Crippen molar-refractivity contribution in [1.82, 2.24) is 15.5 Å². The van der Waals surface area contributed by atoms with Gasteiger partial charge in [-0.15, -0.1) is 24.8 Å². The Morgan fingerprint density at radius 3 is 2.52 bits per heavy atom. The maximum atomic E-state index is 12.0. The van der Waals surface area contributed by atoms with E-state index in [9.17, 15) is 4.79 Å². The van der Waals surface area contributed by atoms with Gasteiger partial charge in [0.1, 0.15) is 0 Å². The molecule has 1 aliphatic rings. The second-order valence-corrected chi connectivity index (χ2v) is 6.96. The van der Waals surface area contributed by atoms with Crippen molar-refractivity contribution < 1.29 is 4.79 Å². The maximum absolute atomic E-state index is 12.0. The molecule has 0 spiro atoms. The zero-order valence-corrected chi connectivity index (χ0v) is 17.2. The summed E-state index contributed by atoms with van der Waals surface area (Å²) in [4.78, 5) is 14.5. The Balaban J connectivity index is 0.00000288. The molecule has 1 aromatic carbocycles. The first kappa shape index (κ1) is 24.2. The number of hydrogen-bond acceptors (Lipinski definition) is 3. The van der Waals surface area contributed by atoms with E-state index in [1.165, 1.54) is 37.1 Å². The van der Waals surface area contributed by atoms with Gasteiger partial charge in [0.05, 0.1) is 0 Å². The summed E-state index contributed by atoms with van der Waals surface area (Å²) in [6.45, 7) is 9.02. The first-order valence-electron chi connectivity index (χ1n) is 8.81. The van der Waals surface area contributed by atoms with E-state index in [1.54, 1.807) is 0 Å². The molecule has 1 amide bonds. The van der Waals surface area contributed by atoms with Crippen molar-refractivity contribution in [2.75, 3.05) is 26.7 Å². The van der Waals surface area contributed by atoms with E-state index < -0.39 is 0 Å². The van der Waals surface area contributed by atoms with Crippen LogP contribution >= 0.6 is 24.8 Å². The third-order valence-electron chi connectivity index (χ3n) is 4.70. The highest BCUT2D eigenvalue weighted by molar-refractivity contribution is 5.85. The lowest BCUT2D eigenvalue weighted by Gasteiger charge is -2.30. The molecule has 0 aromatic heterocycles. The van der Waals surface area contributed by atoms with Gasteiger partial charge in [0, 0.05) is 25.6 Å². The van der Waals surface area contributed by atoms with Crippen LogP contribution in [0.4, 0.5) is 0 Å². The number of nitrogens with one attached hydrogen (secondary N) is 2. The Morgan fingerprint density at radius 2 is 1.88 bits per heavy atom. The van der Waals surface area contributed by atoms with Crippen molar-refractivity contribution in [3.63, 3.8) is 0 Å². The highest BCUT2D eigenvalue weighted by Gasteiger charge is 2.16. The van der Waals surface area contributed by atoms with Crippen LogP contribution in [0.25, 0.3) is 0 Å². The zero-order valence-electron chi connectivity index (χ0n) is 15.6. The monoisotopic (exact) mass is 389 g/mol. The molecule has 0 bridgehead atoms. The largest absolute Gasteiger partial charge is 0.352 e. The number of rotatable bonds is 7. The summed E-state index contributed by atoms with van der Waals surface area (Å²) in [6, 6.07) is 8.60. The first-order valence-corrected chi connectivity index (χ1v) is 8.81. The third-order valence-corrected chi connectivity index (χ3v) is 4.70. The van der Waals surface area contributed by atoms with E-state index in [0.717, 1.165) is 12.5 Å². The highest BCUT2D eigenvalue weighted by atomic mass is 35.5. The molecule has 4 nitrogen and oxygen atoms in total. The molecule has 1 heterocycles. The van der Waals surface area contributed by atoms with E-state index in [4.69, 9.17) is 0 Å². The molecule has 6 heteroatoms. The molecule has 1 aliphatic heterocycles. The fraction of sp³-hybridized carbons (Fsp3) is 0.632. The Morgan fingerprint density at radius 1 is 1.24 bits per heavy atom. The summed E-state index contributed by atoms with van der Waals surface area (Å²) >= 11 is 0. The molecular formula is C19H33Cl2N3O. The smallest absolute Gasteiger partial charge is 0.224 e. The normalized spacial score (nSPS) is 16.4. The fourth-order valence-electron chi connectivity index (χ4n) is 3.08. The average Bonchev–Trinajstić information content (AvgIpc) is 2.55. The number of carbonyl (C=O) groups is 1. The fourth-order valence-corrected chi connectivity index (χ4v) is 3.08. The molecule has 0 aliphatic carbocycles. The second kappa shape index (κ2) is 12.5.